The van der Waals surface area contributed by atoms with Crippen LogP contribution in [0.1, 0.15) is 97.5 Å². The lowest BCUT2D eigenvalue weighted by atomic mass is 9.84. The van der Waals surface area contributed by atoms with Gasteiger partial charge >= 0.3 is 0 Å². The number of para-hydroxylation sites is 1. The average molecular weight is 1030 g/mol. The summed E-state index contributed by atoms with van der Waals surface area (Å²) in [5.74, 6) is -7.49. The number of primary amides is 1. The van der Waals surface area contributed by atoms with Crippen molar-refractivity contribution in [3.8, 4) is 0 Å². The van der Waals surface area contributed by atoms with Gasteiger partial charge < -0.3 is 75.1 Å². The van der Waals surface area contributed by atoms with Gasteiger partial charge in [0.15, 0.2) is 0 Å². The molecule has 72 heavy (non-hydrogen) atoms. The molecule has 0 spiro atoms. The van der Waals surface area contributed by atoms with Crippen LogP contribution in [0, 0.1) is 11.8 Å². The van der Waals surface area contributed by atoms with Crippen LogP contribution < -0.4 is 60.2 Å². The summed E-state index contributed by atoms with van der Waals surface area (Å²) in [4.78, 5) is 126. The maximum absolute atomic E-state index is 14.1. The zero-order valence-corrected chi connectivity index (χ0v) is 42.6. The monoisotopic (exact) mass is 1030 g/mol. The summed E-state index contributed by atoms with van der Waals surface area (Å²) in [5, 5.41) is 29.8. The molecule has 2 aliphatic rings. The van der Waals surface area contributed by atoms with E-state index in [2.05, 4.69) is 54.8 Å². The van der Waals surface area contributed by atoms with Crippen LogP contribution in [0.15, 0.2) is 30.5 Å². The fourth-order valence-electron chi connectivity index (χ4n) is 9.07. The number of aromatic amines is 1. The van der Waals surface area contributed by atoms with Gasteiger partial charge in [0.2, 0.25) is 53.2 Å². The van der Waals surface area contributed by atoms with E-state index in [0.29, 0.717) is 25.7 Å². The normalized spacial score (nSPS) is 19.2. The summed E-state index contributed by atoms with van der Waals surface area (Å²) in [6, 6.07) is -3.40. The van der Waals surface area contributed by atoms with Gasteiger partial charge in [-0.25, -0.2) is 0 Å². The molecule has 23 nitrogen and oxygen atoms in total. The standard InChI is InChI=1S/C48H77N13O10S/c1-5-25(2)38(59-43(66)35(24-72)58-41(64)33(21-29-23-53-31-16-10-9-15-30(29)31)56-45(68)37(51)28-13-7-6-8-14-28)46(69)60-39(27(4)62)47(70)57-34(22-50)42(65)54-26(3)48(71)61-20-12-18-36(61)44(67)55-32(40(52)63)17-11-19-49/h9-10,15-16,23,25-28,32-39,53,62,72H,5-8,11-14,17-22,24,49-51H2,1-4H3,(H2,52,63)(H,54,65)(H,55,67)(H,56,68)(H,57,70)(H,58,64)(H,59,66)(H,60,69)/t25?,26-,27?,32-,33+,34-,35-,36-,37-,38-,39-/m0/s1. The molecule has 1 aromatic heterocycles. The Morgan fingerprint density at radius 1 is 0.750 bits per heavy atom. The zero-order valence-electron chi connectivity index (χ0n) is 41.7. The van der Waals surface area contributed by atoms with E-state index in [9.17, 15) is 48.3 Å². The van der Waals surface area contributed by atoms with Crippen LogP contribution in [0.2, 0.25) is 0 Å². The SMILES string of the molecule is CCC(C)[C@H](NC(=O)[C@H](CS)NC(=O)[C@@H](Cc1c[nH]c2ccccc12)NC(=O)[C@@H](N)C1CCCCC1)C(=O)N[C@H](C(=O)N[C@@H](CN)C(=O)N[C@@H](C)C(=O)N1CCC[C@H]1C(=O)N[C@@H](CCCN)C(N)=O)C(C)O. The van der Waals surface area contributed by atoms with Gasteiger partial charge in [-0.3, -0.25) is 43.2 Å². The molecule has 2 fully saturated rings. The first-order chi connectivity index (χ1) is 34.3. The van der Waals surface area contributed by atoms with Crippen molar-refractivity contribution < 1.29 is 48.3 Å². The number of carbonyl (C=O) groups is 9. The summed E-state index contributed by atoms with van der Waals surface area (Å²) in [6.07, 6.45) is 6.61. The third-order valence-electron chi connectivity index (χ3n) is 13.7. The van der Waals surface area contributed by atoms with Crippen LogP contribution >= 0.6 is 12.6 Å². The fraction of sp³-hybridized carbons (Fsp3) is 0.646. The highest BCUT2D eigenvalue weighted by molar-refractivity contribution is 7.80. The minimum atomic E-state index is -1.67. The number of benzene rings is 1. The third-order valence-corrected chi connectivity index (χ3v) is 14.0. The lowest BCUT2D eigenvalue weighted by Gasteiger charge is -2.30. The molecule has 1 aliphatic carbocycles. The Balaban J connectivity index is 1.41. The van der Waals surface area contributed by atoms with Crippen LogP contribution in [0.4, 0.5) is 0 Å². The molecule has 2 heterocycles. The average Bonchev–Trinajstić information content (AvgIpc) is 4.03. The maximum Gasteiger partial charge on any atom is 0.245 e. The second-order valence-corrected chi connectivity index (χ2v) is 19.4. The molecule has 9 amide bonds. The van der Waals surface area contributed by atoms with Gasteiger partial charge in [0.25, 0.3) is 0 Å². The van der Waals surface area contributed by atoms with E-state index in [-0.39, 0.29) is 37.6 Å². The Morgan fingerprint density at radius 3 is 1.99 bits per heavy atom. The van der Waals surface area contributed by atoms with E-state index >= 15 is 0 Å². The first kappa shape index (κ1) is 58.7. The molecule has 0 bridgehead atoms. The number of aliphatic hydroxyl groups excluding tert-OH is 1. The Morgan fingerprint density at radius 2 is 1.36 bits per heavy atom. The Labute approximate surface area is 425 Å². The molecule has 1 aliphatic heterocycles. The molecule has 2 aromatic rings. The van der Waals surface area contributed by atoms with Crippen molar-refractivity contribution in [3.05, 3.63) is 36.0 Å². The molecule has 1 saturated heterocycles. The molecule has 11 atom stereocenters. The second kappa shape index (κ2) is 28.4. The topological polar surface area (TPSA) is 381 Å². The van der Waals surface area contributed by atoms with Crippen molar-refractivity contribution >= 4 is 76.7 Å². The van der Waals surface area contributed by atoms with Crippen LogP contribution in [0.5, 0.6) is 0 Å². The number of fused-ring (bicyclic) bond motifs is 1. The fourth-order valence-corrected chi connectivity index (χ4v) is 9.33. The van der Waals surface area contributed by atoms with Gasteiger partial charge in [-0.2, -0.15) is 12.6 Å². The first-order valence-corrected chi connectivity index (χ1v) is 25.6. The summed E-state index contributed by atoms with van der Waals surface area (Å²) >= 11 is 4.34. The molecule has 4 rings (SSSR count). The van der Waals surface area contributed by atoms with Crippen molar-refractivity contribution in [1.82, 2.24) is 47.1 Å². The summed E-state index contributed by atoms with van der Waals surface area (Å²) in [7, 11) is 0. The van der Waals surface area contributed by atoms with Crippen molar-refractivity contribution in [2.45, 2.75) is 159 Å². The predicted octanol–water partition coefficient (Wildman–Crippen LogP) is -2.44. The molecule has 0 radical (unpaired) electrons. The smallest absolute Gasteiger partial charge is 0.245 e. The van der Waals surface area contributed by atoms with Gasteiger partial charge in [0, 0.05) is 42.4 Å². The van der Waals surface area contributed by atoms with Crippen molar-refractivity contribution in [3.63, 3.8) is 0 Å². The molecule has 1 saturated carbocycles. The van der Waals surface area contributed by atoms with E-state index in [0.717, 1.165) is 48.6 Å². The van der Waals surface area contributed by atoms with Crippen LogP contribution in [-0.4, -0.2) is 154 Å². The number of thiol groups is 1. The molecule has 17 N–H and O–H groups in total. The van der Waals surface area contributed by atoms with E-state index in [1.807, 2.05) is 24.3 Å². The highest BCUT2D eigenvalue weighted by Gasteiger charge is 2.40. The van der Waals surface area contributed by atoms with Crippen LogP contribution in [0.25, 0.3) is 10.9 Å². The summed E-state index contributed by atoms with van der Waals surface area (Å²) < 4.78 is 0. The Bertz CT molecular complexity index is 2210. The van der Waals surface area contributed by atoms with Gasteiger partial charge in [-0.05, 0) is 82.4 Å². The predicted molar refractivity (Wildman–Crippen MR) is 272 cm³/mol. The van der Waals surface area contributed by atoms with E-state index in [1.165, 1.54) is 18.7 Å². The molecule has 24 heteroatoms. The van der Waals surface area contributed by atoms with Gasteiger partial charge in [-0.1, -0.05) is 57.7 Å². The minimum absolute atomic E-state index is 0.0430. The lowest BCUT2D eigenvalue weighted by Crippen LogP contribution is -2.63. The van der Waals surface area contributed by atoms with Crippen LogP contribution in [-0.2, 0) is 49.6 Å². The number of amides is 9. The van der Waals surface area contributed by atoms with E-state index in [1.54, 1.807) is 20.0 Å². The third kappa shape index (κ3) is 16.1. The van der Waals surface area contributed by atoms with Crippen molar-refractivity contribution in [1.29, 1.82) is 0 Å². The number of aromatic nitrogens is 1. The minimum Gasteiger partial charge on any atom is -0.391 e. The molecular formula is C48H77N13O10S. The Kier molecular flexibility index (Phi) is 23.2. The van der Waals surface area contributed by atoms with Gasteiger partial charge in [-0.15, -0.1) is 0 Å². The molecule has 400 valence electrons. The summed E-state index contributed by atoms with van der Waals surface area (Å²) in [6.45, 7) is 6.06. The summed E-state index contributed by atoms with van der Waals surface area (Å²) in [5.41, 5.74) is 24.9. The van der Waals surface area contributed by atoms with Crippen LogP contribution in [0.3, 0.4) is 0 Å². The molecule has 1 aromatic carbocycles. The number of H-pyrrole nitrogens is 1. The number of nitrogens with two attached hydrogens (primary N) is 4. The number of nitrogens with one attached hydrogen (secondary N) is 8. The largest absolute Gasteiger partial charge is 0.391 e. The number of aliphatic hydroxyl groups is 1. The Hall–Kier alpha value is -5.82. The lowest BCUT2D eigenvalue weighted by molar-refractivity contribution is -0.142. The number of hydrogen-bond acceptors (Lipinski definition) is 14. The molecule has 2 unspecified atom stereocenters. The van der Waals surface area contributed by atoms with Gasteiger partial charge in [0.1, 0.15) is 48.3 Å². The van der Waals surface area contributed by atoms with Crippen molar-refractivity contribution in [2.24, 2.45) is 34.8 Å². The number of carbonyl (C=O) groups excluding carboxylic acids is 9. The number of rotatable bonds is 27. The van der Waals surface area contributed by atoms with E-state index in [4.69, 9.17) is 22.9 Å². The quantitative estimate of drug-likeness (QED) is 0.0415. The molecular weight excluding hydrogens is 951 g/mol. The van der Waals surface area contributed by atoms with Crippen molar-refractivity contribution in [2.75, 3.05) is 25.4 Å². The number of hydrogen-bond donors (Lipinski definition) is 14. The first-order valence-electron chi connectivity index (χ1n) is 25.0. The highest BCUT2D eigenvalue weighted by Crippen LogP contribution is 2.26. The second-order valence-electron chi connectivity index (χ2n) is 19.0. The maximum atomic E-state index is 14.1. The highest BCUT2D eigenvalue weighted by atomic mass is 32.1. The number of nitrogens with zero attached hydrogens (tertiary/aromatic N) is 1. The number of likely N-dealkylation sites (tertiary alicyclic amines) is 1. The van der Waals surface area contributed by atoms with E-state index < -0.39 is 126 Å². The zero-order chi connectivity index (χ0) is 53.2. The van der Waals surface area contributed by atoms with Gasteiger partial charge in [0.05, 0.1) is 12.1 Å².